The van der Waals surface area contributed by atoms with Gasteiger partial charge in [0.15, 0.2) is 0 Å². The number of carbonyl (C=O) groups excluding carboxylic acids is 1. The minimum atomic E-state index is -0.518. The highest BCUT2D eigenvalue weighted by Gasteiger charge is 2.40. The van der Waals surface area contributed by atoms with Gasteiger partial charge in [-0.1, -0.05) is 67.6 Å². The van der Waals surface area contributed by atoms with Crippen LogP contribution >= 0.6 is 7.92 Å². The van der Waals surface area contributed by atoms with Crippen LogP contribution in [0.25, 0.3) is 0 Å². The number of carbonyl (C=O) groups is 1. The highest BCUT2D eigenvalue weighted by molar-refractivity contribution is 7.73. The van der Waals surface area contributed by atoms with Gasteiger partial charge in [-0.15, -0.1) is 0 Å². The molecule has 0 spiro atoms. The molecule has 0 N–H and O–H groups in total. The summed E-state index contributed by atoms with van der Waals surface area (Å²) in [6, 6.07) is 21.8. The SMILES string of the molecule is CC[C@@H]1C[C@H](P(c2ccccc2)c2ccccc2)CN1C(=O)OC(C)(C)C. The van der Waals surface area contributed by atoms with Crippen molar-refractivity contribution < 1.29 is 9.53 Å². The maximum absolute atomic E-state index is 12.8. The fourth-order valence-corrected chi connectivity index (χ4v) is 6.68. The normalized spacial score (nSPS) is 20.1. The second kappa shape index (κ2) is 8.44. The molecular weight excluding hydrogens is 353 g/mol. The van der Waals surface area contributed by atoms with E-state index in [0.29, 0.717) is 5.66 Å². The molecule has 0 aliphatic carbocycles. The van der Waals surface area contributed by atoms with Gasteiger partial charge >= 0.3 is 6.09 Å². The van der Waals surface area contributed by atoms with Gasteiger partial charge in [-0.25, -0.2) is 4.79 Å². The average Bonchev–Trinajstić information content (AvgIpc) is 3.06. The minimum Gasteiger partial charge on any atom is -0.444 e. The van der Waals surface area contributed by atoms with Gasteiger partial charge in [0.1, 0.15) is 5.60 Å². The molecule has 1 heterocycles. The van der Waals surface area contributed by atoms with Gasteiger partial charge in [-0.3, -0.25) is 0 Å². The third-order valence-electron chi connectivity index (χ3n) is 4.93. The Morgan fingerprint density at radius 3 is 2.00 bits per heavy atom. The topological polar surface area (TPSA) is 29.5 Å². The Hall–Kier alpha value is -1.86. The van der Waals surface area contributed by atoms with Crippen molar-refractivity contribution in [1.82, 2.24) is 4.90 Å². The Morgan fingerprint density at radius 2 is 1.56 bits per heavy atom. The molecule has 0 bridgehead atoms. The van der Waals surface area contributed by atoms with E-state index >= 15 is 0 Å². The molecule has 144 valence electrons. The molecule has 1 aliphatic heterocycles. The van der Waals surface area contributed by atoms with Crippen LogP contribution in [0.2, 0.25) is 0 Å². The second-order valence-electron chi connectivity index (χ2n) is 8.13. The van der Waals surface area contributed by atoms with E-state index in [1.165, 1.54) is 10.6 Å². The van der Waals surface area contributed by atoms with Crippen LogP contribution in [0.15, 0.2) is 60.7 Å². The fourth-order valence-electron chi connectivity index (χ4n) is 3.76. The zero-order valence-electron chi connectivity index (χ0n) is 16.8. The number of hydrogen-bond donors (Lipinski definition) is 0. The summed E-state index contributed by atoms with van der Waals surface area (Å²) in [5, 5.41) is 2.76. The molecule has 27 heavy (non-hydrogen) atoms. The first-order valence-corrected chi connectivity index (χ1v) is 11.2. The highest BCUT2D eigenvalue weighted by Crippen LogP contribution is 2.46. The van der Waals surface area contributed by atoms with Crippen LogP contribution < -0.4 is 10.6 Å². The molecule has 0 unspecified atom stereocenters. The number of amides is 1. The van der Waals surface area contributed by atoms with Gasteiger partial charge in [0.05, 0.1) is 0 Å². The quantitative estimate of drug-likeness (QED) is 0.703. The van der Waals surface area contributed by atoms with Crippen molar-refractivity contribution in [2.75, 3.05) is 6.54 Å². The first-order chi connectivity index (χ1) is 12.9. The lowest BCUT2D eigenvalue weighted by Gasteiger charge is -2.28. The summed E-state index contributed by atoms with van der Waals surface area (Å²) in [5.41, 5.74) is -0.0147. The molecule has 2 aromatic carbocycles. The molecule has 1 amide bonds. The molecular formula is C23H30NO2P. The van der Waals surface area contributed by atoms with Crippen LogP contribution in [0.5, 0.6) is 0 Å². The number of likely N-dealkylation sites (tertiary alicyclic amines) is 1. The summed E-state index contributed by atoms with van der Waals surface area (Å²) < 4.78 is 5.69. The molecule has 1 aliphatic rings. The first-order valence-electron chi connectivity index (χ1n) is 9.78. The molecule has 0 radical (unpaired) electrons. The summed E-state index contributed by atoms with van der Waals surface area (Å²) in [7, 11) is -0.518. The molecule has 2 atom stereocenters. The van der Waals surface area contributed by atoms with E-state index in [9.17, 15) is 4.79 Å². The Morgan fingerprint density at radius 1 is 1.04 bits per heavy atom. The average molecular weight is 383 g/mol. The van der Waals surface area contributed by atoms with Gasteiger partial charge in [0.25, 0.3) is 0 Å². The maximum atomic E-state index is 12.8. The van der Waals surface area contributed by atoms with Crippen molar-refractivity contribution in [3.05, 3.63) is 60.7 Å². The predicted octanol–water partition coefficient (Wildman–Crippen LogP) is 4.91. The van der Waals surface area contributed by atoms with E-state index in [0.717, 1.165) is 19.4 Å². The van der Waals surface area contributed by atoms with Crippen LogP contribution in [0, 0.1) is 0 Å². The van der Waals surface area contributed by atoms with E-state index in [1.54, 1.807) is 0 Å². The van der Waals surface area contributed by atoms with E-state index in [4.69, 9.17) is 4.74 Å². The van der Waals surface area contributed by atoms with Crippen molar-refractivity contribution in [2.45, 2.75) is 57.8 Å². The molecule has 3 rings (SSSR count). The molecule has 1 fully saturated rings. The maximum Gasteiger partial charge on any atom is 0.410 e. The van der Waals surface area contributed by atoms with E-state index < -0.39 is 13.5 Å². The lowest BCUT2D eigenvalue weighted by Crippen LogP contribution is -2.40. The number of nitrogens with zero attached hydrogens (tertiary/aromatic N) is 1. The smallest absolute Gasteiger partial charge is 0.410 e. The molecule has 2 aromatic rings. The van der Waals surface area contributed by atoms with Crippen LogP contribution in [0.4, 0.5) is 4.79 Å². The van der Waals surface area contributed by atoms with Crippen molar-refractivity contribution in [3.8, 4) is 0 Å². The number of hydrogen-bond acceptors (Lipinski definition) is 2. The Bertz CT molecular complexity index is 702. The third kappa shape index (κ3) is 4.90. The van der Waals surface area contributed by atoms with Crippen LogP contribution in [-0.4, -0.2) is 34.8 Å². The van der Waals surface area contributed by atoms with Crippen molar-refractivity contribution >= 4 is 24.6 Å². The van der Waals surface area contributed by atoms with E-state index in [2.05, 4.69) is 67.6 Å². The second-order valence-corrected chi connectivity index (χ2v) is 10.6. The standard InChI is InChI=1S/C23H30NO2P/c1-5-18-16-21(17-24(18)22(25)26-23(2,3)4)27(19-12-8-6-9-13-19)20-14-10-7-11-15-20/h6-15,18,21H,5,16-17H2,1-4H3/t18-,21+/m1/s1. The Kier molecular flexibility index (Phi) is 6.22. The first kappa shape index (κ1) is 19.9. The van der Waals surface area contributed by atoms with Crippen LogP contribution in [0.3, 0.4) is 0 Å². The number of rotatable bonds is 4. The van der Waals surface area contributed by atoms with Gasteiger partial charge in [0, 0.05) is 18.2 Å². The summed E-state index contributed by atoms with van der Waals surface area (Å²) in [6.07, 6.45) is 1.82. The molecule has 0 aromatic heterocycles. The largest absolute Gasteiger partial charge is 0.444 e. The van der Waals surface area contributed by atoms with E-state index in [-0.39, 0.29) is 12.1 Å². The van der Waals surface area contributed by atoms with Gasteiger partial charge < -0.3 is 9.64 Å². The zero-order valence-corrected chi connectivity index (χ0v) is 17.7. The van der Waals surface area contributed by atoms with Crippen LogP contribution in [0.1, 0.15) is 40.5 Å². The Balaban J connectivity index is 1.89. The molecule has 3 nitrogen and oxygen atoms in total. The van der Waals surface area contributed by atoms with Gasteiger partial charge in [-0.2, -0.15) is 0 Å². The summed E-state index contributed by atoms with van der Waals surface area (Å²) >= 11 is 0. The summed E-state index contributed by atoms with van der Waals surface area (Å²) in [6.45, 7) is 8.72. The highest BCUT2D eigenvalue weighted by atomic mass is 31.1. The lowest BCUT2D eigenvalue weighted by molar-refractivity contribution is 0.0224. The van der Waals surface area contributed by atoms with Crippen LogP contribution in [-0.2, 0) is 4.74 Å². The summed E-state index contributed by atoms with van der Waals surface area (Å²) in [4.78, 5) is 14.8. The predicted molar refractivity (Wildman–Crippen MR) is 114 cm³/mol. The third-order valence-corrected chi connectivity index (χ3v) is 7.74. The van der Waals surface area contributed by atoms with Gasteiger partial charge in [-0.05, 0) is 52.1 Å². The number of benzene rings is 2. The number of ether oxygens (including phenoxy) is 1. The fraction of sp³-hybridized carbons (Fsp3) is 0.435. The summed E-state index contributed by atoms with van der Waals surface area (Å²) in [5.74, 6) is 0. The molecule has 1 saturated heterocycles. The molecule has 0 saturated carbocycles. The van der Waals surface area contributed by atoms with Gasteiger partial charge in [0.2, 0.25) is 0 Å². The minimum absolute atomic E-state index is 0.173. The zero-order chi connectivity index (χ0) is 19.4. The van der Waals surface area contributed by atoms with Crippen molar-refractivity contribution in [2.24, 2.45) is 0 Å². The van der Waals surface area contributed by atoms with E-state index in [1.807, 2.05) is 25.7 Å². The van der Waals surface area contributed by atoms with Crippen molar-refractivity contribution in [1.29, 1.82) is 0 Å². The molecule has 4 heteroatoms. The monoisotopic (exact) mass is 383 g/mol. The lowest BCUT2D eigenvalue weighted by atomic mass is 10.2. The Labute approximate surface area is 164 Å². The van der Waals surface area contributed by atoms with Crippen molar-refractivity contribution in [3.63, 3.8) is 0 Å².